The number of carbonyl (C=O) groups is 1. The number of sulfone groups is 1. The van der Waals surface area contributed by atoms with E-state index in [0.717, 1.165) is 6.26 Å². The molecule has 1 aliphatic carbocycles. The number of hydrogen-bond donors (Lipinski definition) is 2. The average molecular weight is 305 g/mol. The number of carboxylic acid groups (broad SMARTS) is 1. The molecule has 0 spiro atoms. The second-order valence-electron chi connectivity index (χ2n) is 4.79. The van der Waals surface area contributed by atoms with Gasteiger partial charge in [0.25, 0.3) is 0 Å². The van der Waals surface area contributed by atoms with Crippen LogP contribution >= 0.6 is 11.6 Å². The molecule has 2 rings (SSSR count). The molecule has 0 radical (unpaired) electrons. The van der Waals surface area contributed by atoms with Crippen molar-refractivity contribution in [2.75, 3.05) is 12.9 Å². The summed E-state index contributed by atoms with van der Waals surface area (Å²) in [5.74, 6) is -2.08. The van der Waals surface area contributed by atoms with Crippen molar-refractivity contribution in [2.45, 2.75) is 11.2 Å². The maximum absolute atomic E-state index is 11.7. The van der Waals surface area contributed by atoms with E-state index in [2.05, 4.69) is 0 Å². The van der Waals surface area contributed by atoms with E-state index in [1.807, 2.05) is 0 Å². The van der Waals surface area contributed by atoms with E-state index in [1.54, 1.807) is 18.2 Å². The van der Waals surface area contributed by atoms with Gasteiger partial charge in [-0.15, -0.1) is 0 Å². The molecule has 104 valence electrons. The summed E-state index contributed by atoms with van der Waals surface area (Å²) >= 11 is 5.84. The maximum Gasteiger partial charge on any atom is 0.314 e. The Hall–Kier alpha value is -1.11. The molecule has 1 saturated carbocycles. The molecule has 0 bridgehead atoms. The number of aliphatic hydroxyl groups is 1. The minimum Gasteiger partial charge on any atom is -0.481 e. The highest BCUT2D eigenvalue weighted by Gasteiger charge is 2.74. The number of hydrogen-bond acceptors (Lipinski definition) is 4. The molecular formula is C12H13ClO5S. The lowest BCUT2D eigenvalue weighted by atomic mass is 10.0. The second-order valence-corrected chi connectivity index (χ2v) is 7.39. The Morgan fingerprint density at radius 2 is 2.11 bits per heavy atom. The minimum absolute atomic E-state index is 0.397. The van der Waals surface area contributed by atoms with E-state index in [4.69, 9.17) is 11.6 Å². The standard InChI is InChI=1S/C12H13ClO5S/c1-19(17,18)10-9(12(10,6-14)11(15)16)7-3-2-4-8(13)5-7/h2-5,9-10,14H,6H2,1H3,(H,15,16). The van der Waals surface area contributed by atoms with Gasteiger partial charge in [0.1, 0.15) is 5.41 Å². The monoisotopic (exact) mass is 304 g/mol. The Bertz CT molecular complexity index is 627. The van der Waals surface area contributed by atoms with Crippen LogP contribution in [0.1, 0.15) is 11.5 Å². The van der Waals surface area contributed by atoms with Gasteiger partial charge in [0, 0.05) is 17.2 Å². The van der Waals surface area contributed by atoms with Crippen LogP contribution < -0.4 is 0 Å². The third-order valence-corrected chi connectivity index (χ3v) is 5.44. The summed E-state index contributed by atoms with van der Waals surface area (Å²) in [7, 11) is -3.59. The van der Waals surface area contributed by atoms with Crippen LogP contribution in [-0.2, 0) is 14.6 Å². The zero-order chi connectivity index (χ0) is 14.4. The van der Waals surface area contributed by atoms with Gasteiger partial charge in [-0.25, -0.2) is 8.42 Å². The molecule has 5 nitrogen and oxygen atoms in total. The molecule has 0 amide bonds. The van der Waals surface area contributed by atoms with Crippen LogP contribution in [-0.4, -0.2) is 42.7 Å². The summed E-state index contributed by atoms with van der Waals surface area (Å²) in [6, 6.07) is 6.39. The van der Waals surface area contributed by atoms with Gasteiger partial charge in [-0.05, 0) is 17.7 Å². The molecule has 7 heteroatoms. The van der Waals surface area contributed by atoms with Gasteiger partial charge in [0.15, 0.2) is 9.84 Å². The van der Waals surface area contributed by atoms with E-state index in [-0.39, 0.29) is 0 Å². The first-order chi connectivity index (χ1) is 8.75. The van der Waals surface area contributed by atoms with Crippen molar-refractivity contribution in [1.82, 2.24) is 0 Å². The Morgan fingerprint density at radius 3 is 2.47 bits per heavy atom. The first kappa shape index (κ1) is 14.3. The summed E-state index contributed by atoms with van der Waals surface area (Å²) in [5.41, 5.74) is -1.16. The van der Waals surface area contributed by atoms with E-state index in [1.165, 1.54) is 6.07 Å². The fraction of sp³-hybridized carbons (Fsp3) is 0.417. The van der Waals surface area contributed by atoms with Crippen LogP contribution in [0.5, 0.6) is 0 Å². The van der Waals surface area contributed by atoms with E-state index < -0.39 is 39.0 Å². The molecule has 19 heavy (non-hydrogen) atoms. The highest BCUT2D eigenvalue weighted by molar-refractivity contribution is 7.91. The molecule has 1 aromatic rings. The van der Waals surface area contributed by atoms with Crippen LogP contribution in [0.15, 0.2) is 24.3 Å². The van der Waals surface area contributed by atoms with Crippen molar-refractivity contribution in [3.05, 3.63) is 34.9 Å². The fourth-order valence-corrected chi connectivity index (χ4v) is 4.82. The van der Waals surface area contributed by atoms with Crippen LogP contribution in [0.2, 0.25) is 5.02 Å². The Morgan fingerprint density at radius 1 is 1.47 bits per heavy atom. The SMILES string of the molecule is CS(=O)(=O)C1C(c2cccc(Cl)c2)C1(CO)C(=O)O. The number of rotatable bonds is 4. The molecular weight excluding hydrogens is 292 g/mol. The molecule has 2 N–H and O–H groups in total. The van der Waals surface area contributed by atoms with Crippen molar-refractivity contribution >= 4 is 27.4 Å². The summed E-state index contributed by atoms with van der Waals surface area (Å²) < 4.78 is 23.5. The molecule has 0 aliphatic heterocycles. The summed E-state index contributed by atoms with van der Waals surface area (Å²) in [6.45, 7) is -0.725. The molecule has 3 unspecified atom stereocenters. The van der Waals surface area contributed by atoms with Gasteiger partial charge in [-0.2, -0.15) is 0 Å². The van der Waals surface area contributed by atoms with Gasteiger partial charge in [0.2, 0.25) is 0 Å². The second kappa shape index (κ2) is 4.47. The molecule has 1 aromatic carbocycles. The average Bonchev–Trinajstić information content (AvgIpc) is 2.99. The lowest BCUT2D eigenvalue weighted by Gasteiger charge is -2.08. The normalized spacial score (nSPS) is 30.1. The predicted octanol–water partition coefficient (Wildman–Crippen LogP) is 0.914. The number of halogens is 1. The Labute approximate surface area is 115 Å². The first-order valence-electron chi connectivity index (χ1n) is 5.53. The predicted molar refractivity (Wildman–Crippen MR) is 70.0 cm³/mol. The number of benzene rings is 1. The van der Waals surface area contributed by atoms with E-state index in [9.17, 15) is 23.4 Å². The first-order valence-corrected chi connectivity index (χ1v) is 7.87. The van der Waals surface area contributed by atoms with E-state index >= 15 is 0 Å². The van der Waals surface area contributed by atoms with Gasteiger partial charge in [-0.1, -0.05) is 23.7 Å². The number of aliphatic hydroxyl groups excluding tert-OH is 1. The summed E-state index contributed by atoms with van der Waals surface area (Å²) in [5, 5.41) is 17.9. The van der Waals surface area contributed by atoms with Crippen molar-refractivity contribution < 1.29 is 23.4 Å². The molecule has 1 fully saturated rings. The summed E-state index contributed by atoms with van der Waals surface area (Å²) in [4.78, 5) is 11.4. The highest BCUT2D eigenvalue weighted by Crippen LogP contribution is 2.62. The largest absolute Gasteiger partial charge is 0.481 e. The van der Waals surface area contributed by atoms with Crippen LogP contribution in [0.25, 0.3) is 0 Å². The third-order valence-electron chi connectivity index (χ3n) is 3.59. The molecule has 0 heterocycles. The zero-order valence-corrected chi connectivity index (χ0v) is 11.6. The zero-order valence-electron chi connectivity index (χ0n) is 10.1. The minimum atomic E-state index is -3.59. The lowest BCUT2D eigenvalue weighted by Crippen LogP contribution is -2.27. The molecule has 0 aromatic heterocycles. The number of aliphatic carboxylic acids is 1. The molecule has 3 atom stereocenters. The Kier molecular flexibility index (Phi) is 3.36. The fourth-order valence-electron chi connectivity index (χ4n) is 2.72. The van der Waals surface area contributed by atoms with Gasteiger partial charge >= 0.3 is 5.97 Å². The van der Waals surface area contributed by atoms with Gasteiger partial charge in [-0.3, -0.25) is 4.79 Å². The van der Waals surface area contributed by atoms with E-state index in [0.29, 0.717) is 10.6 Å². The van der Waals surface area contributed by atoms with Crippen LogP contribution in [0.3, 0.4) is 0 Å². The highest BCUT2D eigenvalue weighted by atomic mass is 35.5. The maximum atomic E-state index is 11.7. The van der Waals surface area contributed by atoms with Crippen LogP contribution in [0.4, 0.5) is 0 Å². The van der Waals surface area contributed by atoms with Crippen molar-refractivity contribution in [1.29, 1.82) is 0 Å². The Balaban J connectivity index is 2.53. The third kappa shape index (κ3) is 2.13. The summed E-state index contributed by atoms with van der Waals surface area (Å²) in [6.07, 6.45) is 0.982. The van der Waals surface area contributed by atoms with Crippen molar-refractivity contribution in [2.24, 2.45) is 5.41 Å². The molecule has 0 saturated heterocycles. The van der Waals surface area contributed by atoms with Crippen molar-refractivity contribution in [3.8, 4) is 0 Å². The van der Waals surface area contributed by atoms with Gasteiger partial charge in [0.05, 0.1) is 11.9 Å². The van der Waals surface area contributed by atoms with Crippen molar-refractivity contribution in [3.63, 3.8) is 0 Å². The lowest BCUT2D eigenvalue weighted by molar-refractivity contribution is -0.145. The topological polar surface area (TPSA) is 91.7 Å². The van der Waals surface area contributed by atoms with Gasteiger partial charge < -0.3 is 10.2 Å². The van der Waals surface area contributed by atoms with Crippen LogP contribution in [0, 0.1) is 5.41 Å². The number of carboxylic acids is 1. The smallest absolute Gasteiger partial charge is 0.314 e. The molecule has 1 aliphatic rings. The quantitative estimate of drug-likeness (QED) is 0.863.